The van der Waals surface area contributed by atoms with Crippen LogP contribution in [0.25, 0.3) is 16.9 Å². The number of fused-ring (bicyclic) bond motifs is 6. The van der Waals surface area contributed by atoms with Gasteiger partial charge in [0.15, 0.2) is 0 Å². The van der Waals surface area contributed by atoms with E-state index in [1.165, 1.54) is 40.8 Å². The van der Waals surface area contributed by atoms with Crippen molar-refractivity contribution in [1.82, 2.24) is 24.4 Å². The summed E-state index contributed by atoms with van der Waals surface area (Å²) in [5, 5.41) is 4.93. The standard InChI is InChI=1S/C25H24FN5O2.ClH/c1-30-21-11-16-3-2-4-20(28-16)24(21)19-7-8-22(29-25(19)30)31-10-9-18(12-23(31)32)33-14-17-6-5-15(26)13-27-17;/h5-10,12-13,16,20,28H,2-4,11,14H2,1H3;1H. The van der Waals surface area contributed by atoms with E-state index in [2.05, 4.69) is 28.0 Å². The fraction of sp³-hybridized carbons (Fsp3) is 0.320. The van der Waals surface area contributed by atoms with Crippen molar-refractivity contribution in [2.24, 2.45) is 7.05 Å². The highest BCUT2D eigenvalue weighted by molar-refractivity contribution is 5.85. The van der Waals surface area contributed by atoms with Crippen molar-refractivity contribution < 1.29 is 9.13 Å². The Kier molecular flexibility index (Phi) is 5.87. The monoisotopic (exact) mass is 481 g/mol. The van der Waals surface area contributed by atoms with Gasteiger partial charge < -0.3 is 14.6 Å². The summed E-state index contributed by atoms with van der Waals surface area (Å²) in [6.07, 6.45) is 7.45. The molecule has 2 unspecified atom stereocenters. The molecule has 1 saturated heterocycles. The molecule has 6 heterocycles. The molecule has 0 aromatic carbocycles. The third-order valence-electron chi connectivity index (χ3n) is 6.77. The van der Waals surface area contributed by atoms with Crippen LogP contribution in [-0.2, 0) is 20.1 Å². The van der Waals surface area contributed by atoms with Crippen LogP contribution >= 0.6 is 12.4 Å². The number of aromatic nitrogens is 4. The fourth-order valence-electron chi connectivity index (χ4n) is 5.17. The van der Waals surface area contributed by atoms with Gasteiger partial charge in [-0.1, -0.05) is 0 Å². The van der Waals surface area contributed by atoms with E-state index in [0.29, 0.717) is 29.3 Å². The molecule has 1 N–H and O–H groups in total. The molecule has 2 atom stereocenters. The van der Waals surface area contributed by atoms with Crippen LogP contribution in [0.5, 0.6) is 5.75 Å². The van der Waals surface area contributed by atoms with E-state index in [1.807, 2.05) is 6.07 Å². The Morgan fingerprint density at radius 1 is 1.21 bits per heavy atom. The molecular formula is C25H25ClFN5O2. The molecule has 0 aliphatic carbocycles. The number of piperidine rings is 1. The van der Waals surface area contributed by atoms with Crippen LogP contribution < -0.4 is 15.6 Å². The van der Waals surface area contributed by atoms with Crippen LogP contribution in [0.15, 0.2) is 53.6 Å². The molecule has 34 heavy (non-hydrogen) atoms. The van der Waals surface area contributed by atoms with Gasteiger partial charge in [0.25, 0.3) is 5.56 Å². The molecule has 1 fully saturated rings. The molecule has 0 amide bonds. The quantitative estimate of drug-likeness (QED) is 0.477. The molecular weight excluding hydrogens is 457 g/mol. The fourth-order valence-corrected chi connectivity index (χ4v) is 5.17. The van der Waals surface area contributed by atoms with E-state index >= 15 is 0 Å². The van der Waals surface area contributed by atoms with Gasteiger partial charge in [0.1, 0.15) is 29.6 Å². The minimum absolute atomic E-state index is 0. The number of nitrogens with one attached hydrogen (secondary N) is 1. The average molecular weight is 482 g/mol. The summed E-state index contributed by atoms with van der Waals surface area (Å²) in [5.41, 5.74) is 3.98. The normalized spacial score (nSPS) is 18.9. The number of rotatable bonds is 4. The topological polar surface area (TPSA) is 74.0 Å². The molecule has 4 aromatic heterocycles. The summed E-state index contributed by atoms with van der Waals surface area (Å²) in [6.45, 7) is 0.152. The maximum atomic E-state index is 13.0. The van der Waals surface area contributed by atoms with Crippen molar-refractivity contribution in [2.45, 2.75) is 44.4 Å². The Bertz CT molecular complexity index is 1420. The molecule has 0 saturated carbocycles. The first kappa shape index (κ1) is 22.6. The van der Waals surface area contributed by atoms with Gasteiger partial charge >= 0.3 is 0 Å². The number of nitrogens with zero attached hydrogens (tertiary/aromatic N) is 4. The Labute approximate surface area is 202 Å². The molecule has 0 radical (unpaired) electrons. The molecule has 2 bridgehead atoms. The highest BCUT2D eigenvalue weighted by Crippen LogP contribution is 2.39. The van der Waals surface area contributed by atoms with Gasteiger partial charge in [-0.15, -0.1) is 12.4 Å². The van der Waals surface area contributed by atoms with Crippen LogP contribution in [0.3, 0.4) is 0 Å². The van der Waals surface area contributed by atoms with Gasteiger partial charge in [-0.2, -0.15) is 0 Å². The highest BCUT2D eigenvalue weighted by atomic mass is 35.5. The Balaban J connectivity index is 0.00000241. The van der Waals surface area contributed by atoms with Crippen molar-refractivity contribution in [1.29, 1.82) is 0 Å². The maximum absolute atomic E-state index is 13.0. The lowest BCUT2D eigenvalue weighted by atomic mass is 9.84. The lowest BCUT2D eigenvalue weighted by Gasteiger charge is -2.36. The number of pyridine rings is 3. The van der Waals surface area contributed by atoms with Crippen molar-refractivity contribution in [3.63, 3.8) is 0 Å². The highest BCUT2D eigenvalue weighted by Gasteiger charge is 2.34. The summed E-state index contributed by atoms with van der Waals surface area (Å²) in [5.74, 6) is 0.605. The van der Waals surface area contributed by atoms with E-state index in [0.717, 1.165) is 30.1 Å². The van der Waals surface area contributed by atoms with Gasteiger partial charge in [0, 0.05) is 48.9 Å². The first-order valence-corrected chi connectivity index (χ1v) is 11.3. The van der Waals surface area contributed by atoms with Gasteiger partial charge in [-0.25, -0.2) is 9.37 Å². The van der Waals surface area contributed by atoms with Gasteiger partial charge in [-0.05, 0) is 55.2 Å². The second kappa shape index (κ2) is 8.85. The minimum atomic E-state index is -0.399. The van der Waals surface area contributed by atoms with Crippen molar-refractivity contribution in [2.75, 3.05) is 0 Å². The zero-order chi connectivity index (χ0) is 22.5. The first-order valence-electron chi connectivity index (χ1n) is 11.3. The number of hydrogen-bond donors (Lipinski definition) is 1. The van der Waals surface area contributed by atoms with Gasteiger partial charge in [-0.3, -0.25) is 14.3 Å². The summed E-state index contributed by atoms with van der Waals surface area (Å²) < 4.78 is 22.4. The molecule has 7 nitrogen and oxygen atoms in total. The number of aryl methyl sites for hydroxylation is 1. The van der Waals surface area contributed by atoms with E-state index in [9.17, 15) is 9.18 Å². The van der Waals surface area contributed by atoms with E-state index < -0.39 is 5.82 Å². The number of ether oxygens (including phenoxy) is 1. The smallest absolute Gasteiger partial charge is 0.259 e. The van der Waals surface area contributed by atoms with Crippen LogP contribution in [0.4, 0.5) is 4.39 Å². The Morgan fingerprint density at radius 2 is 2.09 bits per heavy atom. The first-order chi connectivity index (χ1) is 16.1. The third-order valence-corrected chi connectivity index (χ3v) is 6.77. The van der Waals surface area contributed by atoms with Crippen LogP contribution in [0, 0.1) is 5.82 Å². The molecule has 6 rings (SSSR count). The van der Waals surface area contributed by atoms with Gasteiger partial charge in [0.05, 0.1) is 11.9 Å². The molecule has 2 aliphatic heterocycles. The second-order valence-corrected chi connectivity index (χ2v) is 8.84. The third kappa shape index (κ3) is 3.86. The molecule has 0 spiro atoms. The predicted molar refractivity (Wildman–Crippen MR) is 129 cm³/mol. The summed E-state index contributed by atoms with van der Waals surface area (Å²) in [6, 6.07) is 11.0. The van der Waals surface area contributed by atoms with Crippen LogP contribution in [0.1, 0.15) is 42.3 Å². The van der Waals surface area contributed by atoms with E-state index in [-0.39, 0.29) is 24.6 Å². The van der Waals surface area contributed by atoms with Crippen LogP contribution in [-0.4, -0.2) is 25.1 Å². The number of halogens is 2. The lowest BCUT2D eigenvalue weighted by Crippen LogP contribution is -2.42. The zero-order valence-electron chi connectivity index (χ0n) is 18.7. The summed E-state index contributed by atoms with van der Waals surface area (Å²) in [4.78, 5) is 21.7. The van der Waals surface area contributed by atoms with Gasteiger partial charge in [0.2, 0.25) is 0 Å². The lowest BCUT2D eigenvalue weighted by molar-refractivity contribution is 0.299. The molecule has 2 aliphatic rings. The molecule has 176 valence electrons. The predicted octanol–water partition coefficient (Wildman–Crippen LogP) is 4.00. The molecule has 4 aromatic rings. The minimum Gasteiger partial charge on any atom is -0.487 e. The van der Waals surface area contributed by atoms with Crippen molar-refractivity contribution >= 4 is 23.4 Å². The SMILES string of the molecule is Cl.Cn1c2c(c3ccc(-n4ccc(OCc5ccc(F)cn5)cc4=O)nc31)C1CCCC(C2)N1. The Morgan fingerprint density at radius 3 is 2.88 bits per heavy atom. The van der Waals surface area contributed by atoms with Crippen molar-refractivity contribution in [3.05, 3.63) is 81.9 Å². The second-order valence-electron chi connectivity index (χ2n) is 8.84. The van der Waals surface area contributed by atoms with Crippen molar-refractivity contribution in [3.8, 4) is 11.6 Å². The Hall–Kier alpha value is -3.23. The van der Waals surface area contributed by atoms with Crippen LogP contribution in [0.2, 0.25) is 0 Å². The summed E-state index contributed by atoms with van der Waals surface area (Å²) >= 11 is 0. The van der Waals surface area contributed by atoms with E-state index in [4.69, 9.17) is 9.72 Å². The van der Waals surface area contributed by atoms with E-state index in [1.54, 1.807) is 18.3 Å². The molecule has 9 heteroatoms. The largest absolute Gasteiger partial charge is 0.487 e. The summed E-state index contributed by atoms with van der Waals surface area (Å²) in [7, 11) is 2.07. The average Bonchev–Trinajstić information content (AvgIpc) is 3.10. The zero-order valence-corrected chi connectivity index (χ0v) is 19.5. The maximum Gasteiger partial charge on any atom is 0.259 e. The number of hydrogen-bond acceptors (Lipinski definition) is 5.